The van der Waals surface area contributed by atoms with Crippen molar-refractivity contribution in [3.05, 3.63) is 69.2 Å². The van der Waals surface area contributed by atoms with Crippen LogP contribution in [-0.2, 0) is 6.18 Å². The highest BCUT2D eigenvalue weighted by atomic mass is 35.5. The maximum Gasteiger partial charge on any atom is 0.416 e. The summed E-state index contributed by atoms with van der Waals surface area (Å²) < 4.78 is 37.9. The van der Waals surface area contributed by atoms with E-state index in [-0.39, 0.29) is 21.2 Å². The third-order valence-corrected chi connectivity index (χ3v) is 3.47. The first-order valence-electron chi connectivity index (χ1n) is 5.46. The van der Waals surface area contributed by atoms with E-state index in [0.29, 0.717) is 0 Å². The van der Waals surface area contributed by atoms with Gasteiger partial charge < -0.3 is 0 Å². The predicted octanol–water partition coefficient (Wildman–Crippen LogP) is 5.24. The maximum atomic E-state index is 12.6. The number of benzene rings is 2. The average molecular weight is 319 g/mol. The molecule has 20 heavy (non-hydrogen) atoms. The Hall–Kier alpha value is -1.52. The second-order valence-electron chi connectivity index (χ2n) is 4.01. The molecule has 0 N–H and O–H groups in total. The summed E-state index contributed by atoms with van der Waals surface area (Å²) in [6.45, 7) is 0. The molecular formula is C14H7Cl2F3O. The molecule has 0 spiro atoms. The van der Waals surface area contributed by atoms with E-state index in [1.54, 1.807) is 0 Å². The fourth-order valence-corrected chi connectivity index (χ4v) is 2.06. The van der Waals surface area contributed by atoms with Gasteiger partial charge in [0.2, 0.25) is 0 Å². The number of hydrogen-bond donors (Lipinski definition) is 0. The quantitative estimate of drug-likeness (QED) is 0.692. The molecule has 0 aromatic heterocycles. The van der Waals surface area contributed by atoms with Crippen LogP contribution in [0.4, 0.5) is 13.2 Å². The molecule has 1 nitrogen and oxygen atoms in total. The molecule has 0 aliphatic rings. The Morgan fingerprint density at radius 1 is 1.00 bits per heavy atom. The highest BCUT2D eigenvalue weighted by Crippen LogP contribution is 2.31. The monoisotopic (exact) mass is 318 g/mol. The van der Waals surface area contributed by atoms with Gasteiger partial charge in [-0.2, -0.15) is 13.2 Å². The number of carbonyl (C=O) groups excluding carboxylic acids is 1. The molecule has 0 fully saturated rings. The first-order valence-corrected chi connectivity index (χ1v) is 6.22. The minimum absolute atomic E-state index is 0.0246. The van der Waals surface area contributed by atoms with E-state index in [2.05, 4.69) is 0 Å². The number of halogens is 5. The molecule has 6 heteroatoms. The van der Waals surface area contributed by atoms with Crippen LogP contribution in [0.5, 0.6) is 0 Å². The lowest BCUT2D eigenvalue weighted by molar-refractivity contribution is -0.137. The van der Waals surface area contributed by atoms with E-state index in [1.807, 2.05) is 0 Å². The van der Waals surface area contributed by atoms with Gasteiger partial charge in [-0.15, -0.1) is 0 Å². The average Bonchev–Trinajstić information content (AvgIpc) is 2.40. The van der Waals surface area contributed by atoms with Gasteiger partial charge in [-0.1, -0.05) is 41.4 Å². The normalized spacial score (nSPS) is 11.4. The highest BCUT2D eigenvalue weighted by Gasteiger charge is 2.31. The standard InChI is InChI=1S/C14H7Cl2F3O/c15-11-6-2-5-10(12(11)16)13(20)8-3-1-4-9(7-8)14(17,18)19/h1-7H. The lowest BCUT2D eigenvalue weighted by atomic mass is 10.0. The summed E-state index contributed by atoms with van der Waals surface area (Å²) in [5.41, 5.74) is -0.913. The fourth-order valence-electron chi connectivity index (χ4n) is 1.67. The Labute approximate surface area is 122 Å². The lowest BCUT2D eigenvalue weighted by Crippen LogP contribution is -2.08. The lowest BCUT2D eigenvalue weighted by Gasteiger charge is -2.09. The smallest absolute Gasteiger partial charge is 0.289 e. The van der Waals surface area contributed by atoms with E-state index in [1.165, 1.54) is 30.3 Å². The summed E-state index contributed by atoms with van der Waals surface area (Å²) in [5.74, 6) is -0.608. The van der Waals surface area contributed by atoms with E-state index >= 15 is 0 Å². The molecule has 0 radical (unpaired) electrons. The zero-order chi connectivity index (χ0) is 14.9. The summed E-state index contributed by atoms with van der Waals surface area (Å²) in [4.78, 5) is 12.2. The number of alkyl halides is 3. The van der Waals surface area contributed by atoms with Crippen molar-refractivity contribution in [3.63, 3.8) is 0 Å². The van der Waals surface area contributed by atoms with Crippen LogP contribution < -0.4 is 0 Å². The van der Waals surface area contributed by atoms with Gasteiger partial charge in [-0.05, 0) is 24.3 Å². The molecule has 0 saturated heterocycles. The Bertz CT molecular complexity index is 666. The number of rotatable bonds is 2. The van der Waals surface area contributed by atoms with Gasteiger partial charge >= 0.3 is 6.18 Å². The van der Waals surface area contributed by atoms with Crippen LogP contribution in [0.3, 0.4) is 0 Å². The van der Waals surface area contributed by atoms with Crippen LogP contribution in [0.1, 0.15) is 21.5 Å². The van der Waals surface area contributed by atoms with Crippen LogP contribution >= 0.6 is 23.2 Å². The summed E-state index contributed by atoms with van der Waals surface area (Å²) in [7, 11) is 0. The third kappa shape index (κ3) is 2.97. The molecule has 0 saturated carbocycles. The Morgan fingerprint density at radius 3 is 2.30 bits per heavy atom. The molecule has 0 aliphatic carbocycles. The van der Waals surface area contributed by atoms with Gasteiger partial charge in [0.05, 0.1) is 15.6 Å². The minimum atomic E-state index is -4.51. The van der Waals surface area contributed by atoms with Gasteiger partial charge in [-0.3, -0.25) is 4.79 Å². The van der Waals surface area contributed by atoms with Crippen LogP contribution in [0.15, 0.2) is 42.5 Å². The van der Waals surface area contributed by atoms with Crippen LogP contribution in [0.25, 0.3) is 0 Å². The summed E-state index contributed by atoms with van der Waals surface area (Å²) >= 11 is 11.7. The van der Waals surface area contributed by atoms with Crippen LogP contribution in [-0.4, -0.2) is 5.78 Å². The largest absolute Gasteiger partial charge is 0.416 e. The molecule has 0 aliphatic heterocycles. The molecule has 0 bridgehead atoms. The van der Waals surface area contributed by atoms with Crippen molar-refractivity contribution in [3.8, 4) is 0 Å². The van der Waals surface area contributed by atoms with Gasteiger partial charge in [0.25, 0.3) is 0 Å². The molecule has 0 amide bonds. The molecular weight excluding hydrogens is 312 g/mol. The minimum Gasteiger partial charge on any atom is -0.289 e. The molecule has 0 heterocycles. The Kier molecular flexibility index (Phi) is 4.06. The van der Waals surface area contributed by atoms with E-state index in [0.717, 1.165) is 12.1 Å². The van der Waals surface area contributed by atoms with E-state index in [4.69, 9.17) is 23.2 Å². The topological polar surface area (TPSA) is 17.1 Å². The first-order chi connectivity index (χ1) is 9.30. The Morgan fingerprint density at radius 2 is 1.65 bits per heavy atom. The zero-order valence-electron chi connectivity index (χ0n) is 9.84. The number of ketones is 1. The van der Waals surface area contributed by atoms with Gasteiger partial charge in [0.15, 0.2) is 5.78 Å². The number of hydrogen-bond acceptors (Lipinski definition) is 1. The van der Waals surface area contributed by atoms with Crippen molar-refractivity contribution >= 4 is 29.0 Å². The second kappa shape index (κ2) is 5.46. The SMILES string of the molecule is O=C(c1cccc(C(F)(F)F)c1)c1cccc(Cl)c1Cl. The second-order valence-corrected chi connectivity index (χ2v) is 4.79. The highest BCUT2D eigenvalue weighted by molar-refractivity contribution is 6.44. The van der Waals surface area contributed by atoms with E-state index in [9.17, 15) is 18.0 Å². The Balaban J connectivity index is 2.47. The van der Waals surface area contributed by atoms with Gasteiger partial charge in [-0.25, -0.2) is 0 Å². The van der Waals surface area contributed by atoms with Gasteiger partial charge in [0.1, 0.15) is 0 Å². The van der Waals surface area contributed by atoms with Crippen LogP contribution in [0, 0.1) is 0 Å². The fraction of sp³-hybridized carbons (Fsp3) is 0.0714. The molecule has 2 aromatic carbocycles. The molecule has 104 valence electrons. The van der Waals surface area contributed by atoms with Crippen molar-refractivity contribution in [2.24, 2.45) is 0 Å². The summed E-state index contributed by atoms with van der Waals surface area (Å²) in [6, 6.07) is 8.58. The van der Waals surface area contributed by atoms with Crippen molar-refractivity contribution in [1.29, 1.82) is 0 Å². The van der Waals surface area contributed by atoms with Crippen molar-refractivity contribution in [2.75, 3.05) is 0 Å². The molecule has 0 unspecified atom stereocenters. The summed E-state index contributed by atoms with van der Waals surface area (Å²) in [6.07, 6.45) is -4.51. The molecule has 0 atom stereocenters. The third-order valence-electron chi connectivity index (χ3n) is 2.65. The maximum absolute atomic E-state index is 12.6. The van der Waals surface area contributed by atoms with Gasteiger partial charge in [0, 0.05) is 11.1 Å². The number of carbonyl (C=O) groups is 1. The van der Waals surface area contributed by atoms with Crippen LogP contribution in [0.2, 0.25) is 10.0 Å². The van der Waals surface area contributed by atoms with Crippen molar-refractivity contribution in [1.82, 2.24) is 0 Å². The predicted molar refractivity (Wildman–Crippen MR) is 71.3 cm³/mol. The summed E-state index contributed by atoms with van der Waals surface area (Å²) in [5, 5.41) is 0.195. The zero-order valence-corrected chi connectivity index (χ0v) is 11.4. The molecule has 2 rings (SSSR count). The molecule has 2 aromatic rings. The van der Waals surface area contributed by atoms with E-state index < -0.39 is 17.5 Å². The van der Waals surface area contributed by atoms with Crippen molar-refractivity contribution < 1.29 is 18.0 Å². The first kappa shape index (κ1) is 14.9. The van der Waals surface area contributed by atoms with Crippen molar-refractivity contribution in [2.45, 2.75) is 6.18 Å².